The molecule has 1 aliphatic heterocycles. The number of ether oxygens (including phenoxy) is 5. The minimum atomic E-state index is -0.885. The van der Waals surface area contributed by atoms with Crippen molar-refractivity contribution >= 4 is 5.97 Å². The number of methoxy groups -OCH3 is 1. The molecule has 2 aromatic rings. The van der Waals surface area contributed by atoms with Crippen molar-refractivity contribution in [3.8, 4) is 0 Å². The van der Waals surface area contributed by atoms with Crippen LogP contribution in [0.15, 0.2) is 65.8 Å². The van der Waals surface area contributed by atoms with Crippen molar-refractivity contribution in [3.63, 3.8) is 0 Å². The minimum Gasteiger partial charge on any atom is -0.463 e. The second kappa shape index (κ2) is 12.2. The van der Waals surface area contributed by atoms with Crippen LogP contribution in [0.4, 0.5) is 0 Å². The standard InChI is InChI=1S/C23H27N3O6/c1-16(27)29-15-19-21(30-13-17-9-5-3-6-10-17)22(20(25-26-24)23(28-2)32-19)31-14-18-11-7-4-8-12-18/h3-12,19-23H,13-15H2,1-2H3/t19-,20-,21-,22-,23-/m1/s1. The van der Waals surface area contributed by atoms with Crippen LogP contribution in [0.2, 0.25) is 0 Å². The van der Waals surface area contributed by atoms with Gasteiger partial charge in [0.05, 0.1) is 13.2 Å². The fraction of sp³-hybridized carbons (Fsp3) is 0.435. The first-order valence-electron chi connectivity index (χ1n) is 10.3. The van der Waals surface area contributed by atoms with Crippen LogP contribution in [0.3, 0.4) is 0 Å². The van der Waals surface area contributed by atoms with Crippen molar-refractivity contribution in [3.05, 3.63) is 82.2 Å². The Morgan fingerprint density at radius 2 is 1.56 bits per heavy atom. The molecule has 5 atom stereocenters. The zero-order chi connectivity index (χ0) is 22.8. The maximum atomic E-state index is 11.4. The van der Waals surface area contributed by atoms with Gasteiger partial charge in [0.2, 0.25) is 0 Å². The second-order valence-corrected chi connectivity index (χ2v) is 7.30. The molecule has 1 fully saturated rings. The van der Waals surface area contributed by atoms with Gasteiger partial charge in [0, 0.05) is 18.9 Å². The molecule has 9 heteroatoms. The number of azide groups is 1. The predicted molar refractivity (Wildman–Crippen MR) is 115 cm³/mol. The number of benzene rings is 2. The number of hydrogen-bond donors (Lipinski definition) is 0. The summed E-state index contributed by atoms with van der Waals surface area (Å²) in [7, 11) is 1.45. The van der Waals surface area contributed by atoms with Gasteiger partial charge in [-0.25, -0.2) is 0 Å². The number of carbonyl (C=O) groups excluding carboxylic acids is 1. The van der Waals surface area contributed by atoms with Crippen molar-refractivity contribution in [2.45, 2.75) is 50.8 Å². The Hall–Kier alpha value is -2.94. The number of carbonyl (C=O) groups is 1. The first-order chi connectivity index (χ1) is 15.6. The Balaban J connectivity index is 1.86. The number of nitrogens with zero attached hydrogens (tertiary/aromatic N) is 3. The van der Waals surface area contributed by atoms with E-state index < -0.39 is 36.6 Å². The molecule has 32 heavy (non-hydrogen) atoms. The Morgan fingerprint density at radius 3 is 2.06 bits per heavy atom. The summed E-state index contributed by atoms with van der Waals surface area (Å²) in [6.45, 7) is 1.81. The second-order valence-electron chi connectivity index (χ2n) is 7.30. The van der Waals surface area contributed by atoms with Gasteiger partial charge in [0.25, 0.3) is 0 Å². The molecule has 0 amide bonds. The van der Waals surface area contributed by atoms with Gasteiger partial charge in [-0.05, 0) is 16.7 Å². The van der Waals surface area contributed by atoms with E-state index in [9.17, 15) is 4.79 Å². The van der Waals surface area contributed by atoms with E-state index in [0.29, 0.717) is 0 Å². The highest BCUT2D eigenvalue weighted by atomic mass is 16.7. The van der Waals surface area contributed by atoms with Crippen LogP contribution in [-0.4, -0.2) is 50.3 Å². The monoisotopic (exact) mass is 441 g/mol. The lowest BCUT2D eigenvalue weighted by Gasteiger charge is -2.44. The average Bonchev–Trinajstić information content (AvgIpc) is 2.82. The number of esters is 1. The minimum absolute atomic E-state index is 0.0527. The molecule has 9 nitrogen and oxygen atoms in total. The zero-order valence-electron chi connectivity index (χ0n) is 18.1. The average molecular weight is 441 g/mol. The maximum absolute atomic E-state index is 11.4. The third-order valence-corrected chi connectivity index (χ3v) is 5.05. The lowest BCUT2D eigenvalue weighted by molar-refractivity contribution is -0.278. The van der Waals surface area contributed by atoms with E-state index >= 15 is 0 Å². The summed E-state index contributed by atoms with van der Waals surface area (Å²) in [5, 5.41) is 3.88. The third-order valence-electron chi connectivity index (χ3n) is 5.05. The molecule has 0 unspecified atom stereocenters. The van der Waals surface area contributed by atoms with Gasteiger partial charge in [-0.2, -0.15) is 0 Å². The zero-order valence-corrected chi connectivity index (χ0v) is 18.1. The van der Waals surface area contributed by atoms with Gasteiger partial charge in [-0.15, -0.1) is 0 Å². The Kier molecular flexibility index (Phi) is 9.03. The lowest BCUT2D eigenvalue weighted by atomic mass is 9.96. The van der Waals surface area contributed by atoms with Crippen LogP contribution in [0.1, 0.15) is 18.1 Å². The van der Waals surface area contributed by atoms with E-state index in [0.717, 1.165) is 11.1 Å². The van der Waals surface area contributed by atoms with Crippen LogP contribution < -0.4 is 0 Å². The molecule has 170 valence electrons. The Labute approximate surface area is 186 Å². The first-order valence-corrected chi connectivity index (χ1v) is 10.3. The number of rotatable bonds is 10. The van der Waals surface area contributed by atoms with E-state index in [1.54, 1.807) is 0 Å². The molecular weight excluding hydrogens is 414 g/mol. The van der Waals surface area contributed by atoms with Gasteiger partial charge in [0.15, 0.2) is 6.29 Å². The predicted octanol–water partition coefficient (Wildman–Crippen LogP) is 3.77. The van der Waals surface area contributed by atoms with Crippen molar-refractivity contribution in [1.82, 2.24) is 0 Å². The largest absolute Gasteiger partial charge is 0.463 e. The Morgan fingerprint density at radius 1 is 1.00 bits per heavy atom. The van der Waals surface area contributed by atoms with Crippen LogP contribution >= 0.6 is 0 Å². The summed E-state index contributed by atoms with van der Waals surface area (Å²) >= 11 is 0. The van der Waals surface area contributed by atoms with Gasteiger partial charge in [-0.1, -0.05) is 65.8 Å². The fourth-order valence-electron chi connectivity index (χ4n) is 3.53. The van der Waals surface area contributed by atoms with Crippen LogP contribution in [0.5, 0.6) is 0 Å². The first kappa shape index (κ1) is 23.7. The van der Waals surface area contributed by atoms with E-state index in [-0.39, 0.29) is 19.8 Å². The summed E-state index contributed by atoms with van der Waals surface area (Å²) in [5.41, 5.74) is 11.1. The smallest absolute Gasteiger partial charge is 0.302 e. The number of hydrogen-bond acceptors (Lipinski definition) is 7. The highest BCUT2D eigenvalue weighted by molar-refractivity contribution is 5.65. The topological polar surface area (TPSA) is 112 Å². The van der Waals surface area contributed by atoms with Gasteiger partial charge < -0.3 is 23.7 Å². The van der Waals surface area contributed by atoms with Crippen molar-refractivity contribution in [2.24, 2.45) is 5.11 Å². The molecule has 1 heterocycles. The van der Waals surface area contributed by atoms with Crippen LogP contribution in [0.25, 0.3) is 10.4 Å². The van der Waals surface area contributed by atoms with E-state index in [1.165, 1.54) is 14.0 Å². The molecule has 2 aromatic carbocycles. The quantitative estimate of drug-likeness (QED) is 0.240. The molecule has 0 aromatic heterocycles. The molecule has 1 aliphatic rings. The van der Waals surface area contributed by atoms with E-state index in [2.05, 4.69) is 10.0 Å². The molecule has 0 radical (unpaired) electrons. The third kappa shape index (κ3) is 6.53. The fourth-order valence-corrected chi connectivity index (χ4v) is 3.53. The summed E-state index contributed by atoms with van der Waals surface area (Å²) in [4.78, 5) is 14.4. The maximum Gasteiger partial charge on any atom is 0.302 e. The molecule has 0 N–H and O–H groups in total. The molecule has 0 spiro atoms. The summed E-state index contributed by atoms with van der Waals surface area (Å²) in [5.74, 6) is -0.441. The Bertz CT molecular complexity index is 891. The molecule has 0 bridgehead atoms. The van der Waals surface area contributed by atoms with Gasteiger partial charge >= 0.3 is 5.97 Å². The summed E-state index contributed by atoms with van der Waals surface area (Å²) < 4.78 is 29.0. The van der Waals surface area contributed by atoms with Crippen molar-refractivity contribution in [1.29, 1.82) is 0 Å². The molecule has 1 saturated heterocycles. The molecular formula is C23H27N3O6. The van der Waals surface area contributed by atoms with Gasteiger partial charge in [0.1, 0.15) is 31.0 Å². The van der Waals surface area contributed by atoms with Crippen LogP contribution in [0, 0.1) is 0 Å². The molecule has 0 aliphatic carbocycles. The summed E-state index contributed by atoms with van der Waals surface area (Å²) in [6.07, 6.45) is -2.95. The molecule has 0 saturated carbocycles. The lowest BCUT2D eigenvalue weighted by Crippen LogP contribution is -2.60. The SMILES string of the molecule is CO[C@@H]1O[C@H](COC(C)=O)[C@@H](OCc2ccccc2)[C@H](OCc2ccccc2)[C@H]1N=[N+]=[N-]. The highest BCUT2D eigenvalue weighted by Gasteiger charge is 2.48. The van der Waals surface area contributed by atoms with E-state index in [4.69, 9.17) is 29.2 Å². The van der Waals surface area contributed by atoms with Crippen molar-refractivity contribution in [2.75, 3.05) is 13.7 Å². The summed E-state index contributed by atoms with van der Waals surface area (Å²) in [6, 6.07) is 18.4. The molecule has 3 rings (SSSR count). The van der Waals surface area contributed by atoms with Crippen molar-refractivity contribution < 1.29 is 28.5 Å². The van der Waals surface area contributed by atoms with Crippen LogP contribution in [-0.2, 0) is 41.7 Å². The normalized spacial score (nSPS) is 25.0. The van der Waals surface area contributed by atoms with Gasteiger partial charge in [-0.3, -0.25) is 4.79 Å². The highest BCUT2D eigenvalue weighted by Crippen LogP contribution is 2.30. The van der Waals surface area contributed by atoms with E-state index in [1.807, 2.05) is 60.7 Å².